The number of rotatable bonds is 11. The standard InChI is InChI=1S/C37H50O/c1-7-28-24-35(25-29(8-2)36(28)38-26-37(9-3,10-4)11-5)34-22-20-33(21-23-34)32-18-16-31(17-19-32)30-14-12-27(6)13-15-30/h16-25,27,30H,7-15,26H2,1-6H3. The number of hydrogen-bond acceptors (Lipinski definition) is 1. The Kier molecular flexibility index (Phi) is 9.74. The Hall–Kier alpha value is -2.54. The number of hydrogen-bond donors (Lipinski definition) is 0. The maximum absolute atomic E-state index is 6.61. The summed E-state index contributed by atoms with van der Waals surface area (Å²) in [5, 5.41) is 0. The van der Waals surface area contributed by atoms with E-state index in [0.29, 0.717) is 0 Å². The predicted molar refractivity (Wildman–Crippen MR) is 165 cm³/mol. The van der Waals surface area contributed by atoms with Crippen LogP contribution in [0.3, 0.4) is 0 Å². The summed E-state index contributed by atoms with van der Waals surface area (Å²) in [5.74, 6) is 2.78. The molecule has 0 amide bonds. The lowest BCUT2D eigenvalue weighted by Gasteiger charge is -2.31. The van der Waals surface area contributed by atoms with Gasteiger partial charge in [0.15, 0.2) is 0 Å². The molecular formula is C37H50O. The zero-order chi connectivity index (χ0) is 27.1. The van der Waals surface area contributed by atoms with E-state index >= 15 is 0 Å². The van der Waals surface area contributed by atoms with Crippen LogP contribution in [-0.4, -0.2) is 6.61 Å². The summed E-state index contributed by atoms with van der Waals surface area (Å²) < 4.78 is 6.61. The highest BCUT2D eigenvalue weighted by Gasteiger charge is 2.26. The molecule has 0 spiro atoms. The van der Waals surface area contributed by atoms with Crippen LogP contribution in [0.5, 0.6) is 5.75 Å². The Morgan fingerprint density at radius 3 is 1.53 bits per heavy atom. The first-order valence-electron chi connectivity index (χ1n) is 15.4. The second-order valence-electron chi connectivity index (χ2n) is 11.8. The van der Waals surface area contributed by atoms with Crippen molar-refractivity contribution in [2.45, 2.75) is 105 Å². The van der Waals surface area contributed by atoms with Gasteiger partial charge in [-0.1, -0.05) is 103 Å². The average Bonchev–Trinajstić information content (AvgIpc) is 2.98. The highest BCUT2D eigenvalue weighted by molar-refractivity contribution is 5.72. The minimum Gasteiger partial charge on any atom is -0.492 e. The fourth-order valence-electron chi connectivity index (χ4n) is 6.31. The molecule has 1 nitrogen and oxygen atoms in total. The maximum Gasteiger partial charge on any atom is 0.125 e. The molecule has 0 radical (unpaired) electrons. The van der Waals surface area contributed by atoms with Gasteiger partial charge in [-0.05, 0) is 108 Å². The van der Waals surface area contributed by atoms with E-state index in [1.807, 2.05) is 0 Å². The molecule has 0 heterocycles. The second kappa shape index (κ2) is 13.0. The molecule has 0 unspecified atom stereocenters. The first-order valence-corrected chi connectivity index (χ1v) is 15.4. The summed E-state index contributed by atoms with van der Waals surface area (Å²) in [5.41, 5.74) is 9.63. The van der Waals surface area contributed by atoms with E-state index in [0.717, 1.165) is 56.3 Å². The minimum atomic E-state index is 0.276. The Morgan fingerprint density at radius 1 is 0.632 bits per heavy atom. The first-order chi connectivity index (χ1) is 18.5. The summed E-state index contributed by atoms with van der Waals surface area (Å²) in [7, 11) is 0. The molecule has 38 heavy (non-hydrogen) atoms. The highest BCUT2D eigenvalue weighted by Crippen LogP contribution is 2.38. The van der Waals surface area contributed by atoms with Crippen molar-refractivity contribution < 1.29 is 4.74 Å². The number of benzene rings is 3. The predicted octanol–water partition coefficient (Wildman–Crippen LogP) is 11.0. The summed E-state index contributed by atoms with van der Waals surface area (Å²) >= 11 is 0. The Morgan fingerprint density at radius 2 is 1.08 bits per heavy atom. The van der Waals surface area contributed by atoms with Gasteiger partial charge in [-0.15, -0.1) is 0 Å². The molecule has 0 aliphatic heterocycles. The third-order valence-electron chi connectivity index (χ3n) is 9.73. The van der Waals surface area contributed by atoms with E-state index in [2.05, 4.69) is 102 Å². The van der Waals surface area contributed by atoms with Crippen molar-refractivity contribution in [1.29, 1.82) is 0 Å². The smallest absolute Gasteiger partial charge is 0.125 e. The summed E-state index contributed by atoms with van der Waals surface area (Å²) in [6.07, 6.45) is 10.9. The van der Waals surface area contributed by atoms with Gasteiger partial charge in [0.25, 0.3) is 0 Å². The van der Waals surface area contributed by atoms with Crippen molar-refractivity contribution in [3.63, 3.8) is 0 Å². The van der Waals surface area contributed by atoms with Crippen LogP contribution in [0.1, 0.15) is 109 Å². The van der Waals surface area contributed by atoms with Crippen molar-refractivity contribution in [3.05, 3.63) is 77.4 Å². The largest absolute Gasteiger partial charge is 0.492 e. The van der Waals surface area contributed by atoms with Crippen LogP contribution in [0, 0.1) is 11.3 Å². The Balaban J connectivity index is 1.52. The van der Waals surface area contributed by atoms with Gasteiger partial charge in [0.05, 0.1) is 6.61 Å². The highest BCUT2D eigenvalue weighted by atomic mass is 16.5. The van der Waals surface area contributed by atoms with Crippen LogP contribution in [0.15, 0.2) is 60.7 Å². The zero-order valence-corrected chi connectivity index (χ0v) is 24.9. The molecule has 1 aliphatic carbocycles. The lowest BCUT2D eigenvalue weighted by molar-refractivity contribution is 0.126. The summed E-state index contributed by atoms with van der Waals surface area (Å²) in [6.45, 7) is 14.6. The third-order valence-corrected chi connectivity index (χ3v) is 9.73. The van der Waals surface area contributed by atoms with E-state index in [1.54, 1.807) is 0 Å². The SMILES string of the molecule is CCc1cc(-c2ccc(-c3ccc(C4CCC(C)CC4)cc3)cc2)cc(CC)c1OCC(CC)(CC)CC. The van der Waals surface area contributed by atoms with Crippen molar-refractivity contribution in [2.24, 2.45) is 11.3 Å². The fraction of sp³-hybridized carbons (Fsp3) is 0.514. The molecule has 0 bridgehead atoms. The van der Waals surface area contributed by atoms with Crippen molar-refractivity contribution in [1.82, 2.24) is 0 Å². The lowest BCUT2D eigenvalue weighted by Crippen LogP contribution is -2.27. The van der Waals surface area contributed by atoms with Crippen LogP contribution >= 0.6 is 0 Å². The van der Waals surface area contributed by atoms with E-state index in [9.17, 15) is 0 Å². The molecule has 3 aromatic rings. The second-order valence-corrected chi connectivity index (χ2v) is 11.8. The third kappa shape index (κ3) is 6.36. The topological polar surface area (TPSA) is 9.23 Å². The van der Waals surface area contributed by atoms with E-state index in [4.69, 9.17) is 4.74 Å². The van der Waals surface area contributed by atoms with Gasteiger partial charge in [0.2, 0.25) is 0 Å². The molecule has 1 fully saturated rings. The molecule has 1 heteroatoms. The average molecular weight is 511 g/mol. The summed E-state index contributed by atoms with van der Waals surface area (Å²) in [6, 6.07) is 23.2. The molecular weight excluding hydrogens is 460 g/mol. The van der Waals surface area contributed by atoms with Gasteiger partial charge in [-0.25, -0.2) is 0 Å². The van der Waals surface area contributed by atoms with Crippen LogP contribution in [0.4, 0.5) is 0 Å². The molecule has 3 aromatic carbocycles. The summed E-state index contributed by atoms with van der Waals surface area (Å²) in [4.78, 5) is 0. The Bertz CT molecular complexity index is 1110. The quantitative estimate of drug-likeness (QED) is 0.249. The van der Waals surface area contributed by atoms with Gasteiger partial charge in [0, 0.05) is 5.41 Å². The van der Waals surface area contributed by atoms with Gasteiger partial charge >= 0.3 is 0 Å². The number of ether oxygens (including phenoxy) is 1. The molecule has 1 aliphatic rings. The normalized spacial score (nSPS) is 17.9. The maximum atomic E-state index is 6.61. The van der Waals surface area contributed by atoms with E-state index in [-0.39, 0.29) is 5.41 Å². The first kappa shape index (κ1) is 28.5. The molecule has 204 valence electrons. The molecule has 4 rings (SSSR count). The molecule has 0 N–H and O–H groups in total. The van der Waals surface area contributed by atoms with Crippen LogP contribution < -0.4 is 4.74 Å². The van der Waals surface area contributed by atoms with Crippen LogP contribution in [0.2, 0.25) is 0 Å². The zero-order valence-electron chi connectivity index (χ0n) is 24.9. The lowest BCUT2D eigenvalue weighted by atomic mass is 9.79. The van der Waals surface area contributed by atoms with Crippen molar-refractivity contribution >= 4 is 0 Å². The van der Waals surface area contributed by atoms with E-state index < -0.39 is 0 Å². The van der Waals surface area contributed by atoms with Crippen molar-refractivity contribution in [2.75, 3.05) is 6.61 Å². The fourth-order valence-corrected chi connectivity index (χ4v) is 6.31. The number of aryl methyl sites for hydroxylation is 2. The van der Waals surface area contributed by atoms with Crippen molar-refractivity contribution in [3.8, 4) is 28.0 Å². The molecule has 0 aromatic heterocycles. The van der Waals surface area contributed by atoms with Crippen LogP contribution in [-0.2, 0) is 12.8 Å². The molecule has 0 atom stereocenters. The Labute approximate surface area is 233 Å². The van der Waals surface area contributed by atoms with Gasteiger partial charge in [-0.2, -0.15) is 0 Å². The molecule has 1 saturated carbocycles. The van der Waals surface area contributed by atoms with Gasteiger partial charge in [0.1, 0.15) is 5.75 Å². The van der Waals surface area contributed by atoms with E-state index in [1.165, 1.54) is 64.6 Å². The molecule has 0 saturated heterocycles. The van der Waals surface area contributed by atoms with Gasteiger partial charge < -0.3 is 4.74 Å². The van der Waals surface area contributed by atoms with Crippen LogP contribution in [0.25, 0.3) is 22.3 Å². The minimum absolute atomic E-state index is 0.276. The monoisotopic (exact) mass is 510 g/mol. The van der Waals surface area contributed by atoms with Gasteiger partial charge in [-0.3, -0.25) is 0 Å².